The normalized spacial score (nSPS) is 17.8. The molecule has 0 spiro atoms. The number of rotatable bonds is 2. The highest BCUT2D eigenvalue weighted by molar-refractivity contribution is 5.60. The van der Waals surface area contributed by atoms with Crippen molar-refractivity contribution in [2.24, 2.45) is 0 Å². The molecular weight excluding hydrogens is 270 g/mol. The summed E-state index contributed by atoms with van der Waals surface area (Å²) >= 11 is 0. The van der Waals surface area contributed by atoms with Crippen LogP contribution in [0.5, 0.6) is 0 Å². The Kier molecular flexibility index (Phi) is 2.88. The van der Waals surface area contributed by atoms with Crippen LogP contribution >= 0.6 is 0 Å². The molecule has 5 heteroatoms. The van der Waals surface area contributed by atoms with Crippen molar-refractivity contribution in [3.8, 4) is 11.3 Å². The molecule has 1 aliphatic rings. The third-order valence-electron chi connectivity index (χ3n) is 4.11. The molecule has 1 aromatic carbocycles. The third-order valence-corrected chi connectivity index (χ3v) is 4.11. The first-order chi connectivity index (χ1) is 9.42. The lowest BCUT2D eigenvalue weighted by molar-refractivity contribution is -0.213. The Bertz CT molecular complexity index is 606. The molecule has 0 bridgehead atoms. The lowest BCUT2D eigenvalue weighted by Crippen LogP contribution is -2.48. The predicted molar refractivity (Wildman–Crippen MR) is 67.8 cm³/mol. The van der Waals surface area contributed by atoms with Gasteiger partial charge in [-0.3, -0.25) is 0 Å². The van der Waals surface area contributed by atoms with Crippen molar-refractivity contribution in [2.75, 3.05) is 0 Å². The summed E-state index contributed by atoms with van der Waals surface area (Å²) in [6.45, 7) is 0. The van der Waals surface area contributed by atoms with Gasteiger partial charge in [-0.1, -0.05) is 6.42 Å². The van der Waals surface area contributed by atoms with Gasteiger partial charge in [-0.15, -0.1) is 0 Å². The van der Waals surface area contributed by atoms with Crippen molar-refractivity contribution in [3.63, 3.8) is 0 Å². The summed E-state index contributed by atoms with van der Waals surface area (Å²) in [5.41, 5.74) is -0.272. The van der Waals surface area contributed by atoms with Crippen LogP contribution in [0.25, 0.3) is 11.3 Å². The molecular formula is C15H13F4N. The molecule has 1 heterocycles. The van der Waals surface area contributed by atoms with E-state index in [9.17, 15) is 17.6 Å². The molecule has 1 aromatic heterocycles. The highest BCUT2D eigenvalue weighted by atomic mass is 19.4. The van der Waals surface area contributed by atoms with Gasteiger partial charge in [0, 0.05) is 11.4 Å². The van der Waals surface area contributed by atoms with E-state index in [4.69, 9.17) is 0 Å². The van der Waals surface area contributed by atoms with Crippen LogP contribution in [0.3, 0.4) is 0 Å². The minimum atomic E-state index is -4.24. The van der Waals surface area contributed by atoms with Crippen LogP contribution in [0.15, 0.2) is 36.4 Å². The average Bonchev–Trinajstić information content (AvgIpc) is 2.76. The second-order valence-corrected chi connectivity index (χ2v) is 5.23. The van der Waals surface area contributed by atoms with Crippen LogP contribution < -0.4 is 0 Å². The number of halogens is 4. The number of alkyl halides is 3. The first-order valence-electron chi connectivity index (χ1n) is 6.45. The Labute approximate surface area is 113 Å². The molecule has 0 radical (unpaired) electrons. The van der Waals surface area contributed by atoms with Gasteiger partial charge in [0.15, 0.2) is 0 Å². The molecule has 1 aliphatic carbocycles. The molecule has 0 saturated heterocycles. The molecule has 1 nitrogen and oxygen atoms in total. The maximum absolute atomic E-state index is 13.2. The number of aromatic nitrogens is 1. The quantitative estimate of drug-likeness (QED) is 0.762. The number of benzene rings is 1. The minimum Gasteiger partial charge on any atom is -0.358 e. The number of aromatic amines is 1. The lowest BCUT2D eigenvalue weighted by Gasteiger charge is -2.42. The average molecular weight is 283 g/mol. The Balaban J connectivity index is 1.96. The summed E-state index contributed by atoms with van der Waals surface area (Å²) in [7, 11) is 0. The molecule has 1 N–H and O–H groups in total. The van der Waals surface area contributed by atoms with Crippen molar-refractivity contribution in [3.05, 3.63) is 47.9 Å². The van der Waals surface area contributed by atoms with Gasteiger partial charge in [0.25, 0.3) is 0 Å². The molecule has 1 fully saturated rings. The predicted octanol–water partition coefficient (Wildman–Crippen LogP) is 4.80. The molecule has 0 amide bonds. The van der Waals surface area contributed by atoms with Crippen LogP contribution in [0.4, 0.5) is 17.6 Å². The van der Waals surface area contributed by atoms with E-state index in [0.29, 0.717) is 17.7 Å². The van der Waals surface area contributed by atoms with Crippen molar-refractivity contribution >= 4 is 0 Å². The fraction of sp³-hybridized carbons (Fsp3) is 0.333. The molecule has 2 aromatic rings. The highest BCUT2D eigenvalue weighted by Gasteiger charge is 2.60. The van der Waals surface area contributed by atoms with Gasteiger partial charge < -0.3 is 4.98 Å². The fourth-order valence-electron chi connectivity index (χ4n) is 2.71. The summed E-state index contributed by atoms with van der Waals surface area (Å²) in [5.74, 6) is -0.369. The van der Waals surface area contributed by atoms with E-state index in [0.717, 1.165) is 0 Å². The number of hydrogen-bond donors (Lipinski definition) is 1. The maximum atomic E-state index is 13.2. The van der Waals surface area contributed by atoms with Crippen molar-refractivity contribution in [2.45, 2.75) is 30.9 Å². The zero-order valence-corrected chi connectivity index (χ0v) is 10.6. The lowest BCUT2D eigenvalue weighted by atomic mass is 9.66. The molecule has 3 rings (SSSR count). The monoisotopic (exact) mass is 283 g/mol. The smallest absolute Gasteiger partial charge is 0.358 e. The Morgan fingerprint density at radius 2 is 1.60 bits per heavy atom. The molecule has 0 atom stereocenters. The standard InChI is InChI=1S/C15H13F4N/c16-11-4-2-10(3-5-11)12-6-7-13(20-12)14(8-1-9-14)15(17,18)19/h2-7,20H,1,8-9H2. The second kappa shape index (κ2) is 4.36. The van der Waals surface area contributed by atoms with Gasteiger partial charge in [0.05, 0.1) is 0 Å². The molecule has 20 heavy (non-hydrogen) atoms. The first-order valence-corrected chi connectivity index (χ1v) is 6.45. The number of nitrogens with one attached hydrogen (secondary N) is 1. The van der Waals surface area contributed by atoms with Gasteiger partial charge in [0.1, 0.15) is 11.2 Å². The van der Waals surface area contributed by atoms with E-state index in [1.807, 2.05) is 0 Å². The Hall–Kier alpha value is -1.78. The van der Waals surface area contributed by atoms with E-state index in [1.54, 1.807) is 18.2 Å². The Morgan fingerprint density at radius 3 is 2.10 bits per heavy atom. The van der Waals surface area contributed by atoms with Gasteiger partial charge in [0.2, 0.25) is 0 Å². The Morgan fingerprint density at radius 1 is 0.950 bits per heavy atom. The van der Waals surface area contributed by atoms with E-state index < -0.39 is 11.6 Å². The summed E-state index contributed by atoms with van der Waals surface area (Å²) in [4.78, 5) is 2.86. The molecule has 0 aliphatic heterocycles. The summed E-state index contributed by atoms with van der Waals surface area (Å²) in [6.07, 6.45) is -3.40. The SMILES string of the molecule is Fc1ccc(-c2ccc(C3(C(F)(F)F)CCC3)[nH]2)cc1. The number of H-pyrrole nitrogens is 1. The van der Waals surface area contributed by atoms with Crippen LogP contribution in [0.2, 0.25) is 0 Å². The largest absolute Gasteiger partial charge is 0.399 e. The van der Waals surface area contributed by atoms with Gasteiger partial charge >= 0.3 is 6.18 Å². The highest BCUT2D eigenvalue weighted by Crippen LogP contribution is 2.54. The van der Waals surface area contributed by atoms with E-state index in [1.165, 1.54) is 18.2 Å². The van der Waals surface area contributed by atoms with Crippen molar-refractivity contribution < 1.29 is 17.6 Å². The molecule has 1 saturated carbocycles. The third kappa shape index (κ3) is 1.92. The van der Waals surface area contributed by atoms with Crippen LogP contribution in [0, 0.1) is 5.82 Å². The first kappa shape index (κ1) is 13.2. The second-order valence-electron chi connectivity index (χ2n) is 5.23. The number of hydrogen-bond acceptors (Lipinski definition) is 0. The summed E-state index contributed by atoms with van der Waals surface area (Å²) in [5, 5.41) is 0. The van der Waals surface area contributed by atoms with Crippen molar-refractivity contribution in [1.82, 2.24) is 4.98 Å². The molecule has 106 valence electrons. The topological polar surface area (TPSA) is 15.8 Å². The van der Waals surface area contributed by atoms with Crippen molar-refractivity contribution in [1.29, 1.82) is 0 Å². The van der Waals surface area contributed by atoms with Crippen LogP contribution in [-0.2, 0) is 5.41 Å². The van der Waals surface area contributed by atoms with Gasteiger partial charge in [-0.25, -0.2) is 4.39 Å². The molecule has 0 unspecified atom stereocenters. The van der Waals surface area contributed by atoms with E-state index >= 15 is 0 Å². The summed E-state index contributed by atoms with van der Waals surface area (Å²) < 4.78 is 52.6. The summed E-state index contributed by atoms with van der Waals surface area (Å²) in [6, 6.07) is 8.79. The fourth-order valence-corrected chi connectivity index (χ4v) is 2.71. The van der Waals surface area contributed by atoms with Gasteiger partial charge in [-0.2, -0.15) is 13.2 Å². The van der Waals surface area contributed by atoms with Crippen LogP contribution in [-0.4, -0.2) is 11.2 Å². The zero-order chi connectivity index (χ0) is 14.4. The maximum Gasteiger partial charge on any atom is 0.399 e. The van der Waals surface area contributed by atoms with Gasteiger partial charge in [-0.05, 0) is 54.8 Å². The van der Waals surface area contributed by atoms with Crippen LogP contribution in [0.1, 0.15) is 25.0 Å². The zero-order valence-electron chi connectivity index (χ0n) is 10.6. The minimum absolute atomic E-state index is 0.125. The van der Waals surface area contributed by atoms with E-state index in [2.05, 4.69) is 4.98 Å². The van der Waals surface area contributed by atoms with E-state index in [-0.39, 0.29) is 24.4 Å².